The number of hydrogen-bond donors (Lipinski definition) is 0. The van der Waals surface area contributed by atoms with Gasteiger partial charge >= 0.3 is 0 Å². The molecule has 0 fully saturated rings. The maximum absolute atomic E-state index is 11.8. The Hall–Kier alpha value is -1.57. The monoisotopic (exact) mass is 372 g/mol. The van der Waals surface area contributed by atoms with Crippen molar-refractivity contribution in [1.29, 1.82) is 0 Å². The van der Waals surface area contributed by atoms with Gasteiger partial charge in [-0.1, -0.05) is 12.1 Å². The Morgan fingerprint density at radius 3 is 2.79 bits per heavy atom. The lowest BCUT2D eigenvalue weighted by atomic mass is 10.3. The number of para-hydroxylation sites is 2. The number of hydrogen-bond acceptors (Lipinski definition) is 4. The van der Waals surface area contributed by atoms with E-state index < -0.39 is 0 Å². The summed E-state index contributed by atoms with van der Waals surface area (Å²) in [5.74, 6) is 1.34. The third-order valence-electron chi connectivity index (χ3n) is 2.52. The van der Waals surface area contributed by atoms with Gasteiger partial charge in [0.05, 0.1) is 23.6 Å². The summed E-state index contributed by atoms with van der Waals surface area (Å²) in [7, 11) is 1.59. The fourth-order valence-electron chi connectivity index (χ4n) is 1.58. The molecule has 0 aliphatic carbocycles. The predicted octanol–water partition coefficient (Wildman–Crippen LogP) is 1.94. The van der Waals surface area contributed by atoms with E-state index in [0.717, 1.165) is 0 Å². The van der Waals surface area contributed by atoms with Crippen molar-refractivity contribution < 1.29 is 9.47 Å². The minimum Gasteiger partial charge on any atom is -0.493 e. The topological polar surface area (TPSA) is 53.4 Å². The molecule has 0 radical (unpaired) electrons. The third kappa shape index (κ3) is 3.46. The molecule has 1 aromatic heterocycles. The van der Waals surface area contributed by atoms with E-state index in [2.05, 4.69) is 4.98 Å². The van der Waals surface area contributed by atoms with E-state index in [1.807, 2.05) is 46.9 Å². The molecule has 0 amide bonds. The summed E-state index contributed by atoms with van der Waals surface area (Å²) in [6.45, 7) is 0.822. The molecule has 1 heterocycles. The number of nitrogens with zero attached hydrogens (tertiary/aromatic N) is 2. The maximum Gasteiger partial charge on any atom is 0.266 e. The second kappa shape index (κ2) is 6.55. The summed E-state index contributed by atoms with van der Waals surface area (Å²) in [6, 6.07) is 7.40. The maximum atomic E-state index is 11.8. The molecule has 0 unspecified atom stereocenters. The highest BCUT2D eigenvalue weighted by Crippen LogP contribution is 2.25. The normalized spacial score (nSPS) is 10.2. The van der Waals surface area contributed by atoms with Crippen LogP contribution in [0.4, 0.5) is 0 Å². The second-order valence-electron chi connectivity index (χ2n) is 3.74. The van der Waals surface area contributed by atoms with E-state index in [1.54, 1.807) is 13.3 Å². The van der Waals surface area contributed by atoms with E-state index in [9.17, 15) is 4.79 Å². The van der Waals surface area contributed by atoms with Gasteiger partial charge in [-0.25, -0.2) is 4.98 Å². The Bertz CT molecular complexity index is 613. The predicted molar refractivity (Wildman–Crippen MR) is 79.7 cm³/mol. The molecule has 19 heavy (non-hydrogen) atoms. The van der Waals surface area contributed by atoms with Crippen molar-refractivity contribution in [1.82, 2.24) is 9.55 Å². The van der Waals surface area contributed by atoms with Crippen LogP contribution in [0.15, 0.2) is 41.6 Å². The molecule has 0 N–H and O–H groups in total. The first-order valence-electron chi connectivity index (χ1n) is 5.68. The van der Waals surface area contributed by atoms with Gasteiger partial charge in [-0.15, -0.1) is 0 Å². The minimum absolute atomic E-state index is 0.0563. The van der Waals surface area contributed by atoms with Crippen molar-refractivity contribution in [2.24, 2.45) is 0 Å². The van der Waals surface area contributed by atoms with Gasteiger partial charge in [0.15, 0.2) is 11.5 Å². The van der Waals surface area contributed by atoms with Gasteiger partial charge in [-0.05, 0) is 34.7 Å². The van der Waals surface area contributed by atoms with Crippen LogP contribution in [-0.4, -0.2) is 23.3 Å². The van der Waals surface area contributed by atoms with E-state index in [-0.39, 0.29) is 5.56 Å². The number of methoxy groups -OCH3 is 1. The molecule has 6 heteroatoms. The minimum atomic E-state index is -0.0563. The average Bonchev–Trinajstić information content (AvgIpc) is 2.44. The van der Waals surface area contributed by atoms with Gasteiger partial charge < -0.3 is 9.47 Å². The third-order valence-corrected chi connectivity index (χ3v) is 3.26. The Morgan fingerprint density at radius 2 is 2.05 bits per heavy atom. The van der Waals surface area contributed by atoms with Crippen LogP contribution < -0.4 is 15.0 Å². The van der Waals surface area contributed by atoms with Crippen LogP contribution in [0, 0.1) is 3.57 Å². The van der Waals surface area contributed by atoms with Crippen molar-refractivity contribution >= 4 is 22.6 Å². The fraction of sp³-hybridized carbons (Fsp3) is 0.231. The van der Waals surface area contributed by atoms with Crippen molar-refractivity contribution in [2.45, 2.75) is 6.54 Å². The lowest BCUT2D eigenvalue weighted by Gasteiger charge is -2.11. The van der Waals surface area contributed by atoms with Crippen LogP contribution in [0.25, 0.3) is 0 Å². The molecule has 100 valence electrons. The zero-order chi connectivity index (χ0) is 13.7. The molecule has 0 aliphatic heterocycles. The molecule has 0 aliphatic rings. The highest BCUT2D eigenvalue weighted by Gasteiger charge is 2.04. The molecule has 0 spiro atoms. The van der Waals surface area contributed by atoms with Crippen LogP contribution in [0.2, 0.25) is 0 Å². The van der Waals surface area contributed by atoms with Crippen molar-refractivity contribution in [3.63, 3.8) is 0 Å². The Kier molecular flexibility index (Phi) is 4.78. The Morgan fingerprint density at radius 1 is 1.32 bits per heavy atom. The van der Waals surface area contributed by atoms with Crippen LogP contribution in [0.3, 0.4) is 0 Å². The van der Waals surface area contributed by atoms with Gasteiger partial charge in [0.2, 0.25) is 0 Å². The molecular weight excluding hydrogens is 359 g/mol. The Balaban J connectivity index is 2.00. The smallest absolute Gasteiger partial charge is 0.266 e. The number of ether oxygens (including phenoxy) is 2. The molecule has 2 rings (SSSR count). The van der Waals surface area contributed by atoms with Crippen LogP contribution in [0.1, 0.15) is 0 Å². The van der Waals surface area contributed by atoms with Crippen LogP contribution in [0.5, 0.6) is 11.5 Å². The lowest BCUT2D eigenvalue weighted by molar-refractivity contribution is 0.277. The SMILES string of the molecule is COc1ccccc1OCCn1cncc(I)c1=O. The van der Waals surface area contributed by atoms with Gasteiger partial charge in [0.25, 0.3) is 5.56 Å². The first-order chi connectivity index (χ1) is 9.22. The zero-order valence-corrected chi connectivity index (χ0v) is 12.5. The van der Waals surface area contributed by atoms with E-state index >= 15 is 0 Å². The second-order valence-corrected chi connectivity index (χ2v) is 4.90. The summed E-state index contributed by atoms with van der Waals surface area (Å²) < 4.78 is 12.9. The van der Waals surface area contributed by atoms with Crippen LogP contribution in [-0.2, 0) is 6.54 Å². The number of benzene rings is 1. The zero-order valence-electron chi connectivity index (χ0n) is 10.4. The Labute approximate surface area is 124 Å². The molecule has 0 saturated heterocycles. The van der Waals surface area contributed by atoms with Gasteiger partial charge in [0.1, 0.15) is 6.61 Å². The van der Waals surface area contributed by atoms with Gasteiger partial charge in [-0.3, -0.25) is 9.36 Å². The summed E-state index contributed by atoms with van der Waals surface area (Å²) in [4.78, 5) is 15.7. The molecule has 5 nitrogen and oxygen atoms in total. The molecule has 0 saturated carbocycles. The van der Waals surface area contributed by atoms with E-state index in [0.29, 0.717) is 28.2 Å². The summed E-state index contributed by atoms with van der Waals surface area (Å²) >= 11 is 1.97. The molecule has 0 bridgehead atoms. The highest BCUT2D eigenvalue weighted by atomic mass is 127. The quantitative estimate of drug-likeness (QED) is 0.753. The summed E-state index contributed by atoms with van der Waals surface area (Å²) in [5, 5.41) is 0. The first kappa shape index (κ1) is 13.9. The number of halogens is 1. The summed E-state index contributed by atoms with van der Waals surface area (Å²) in [6.07, 6.45) is 3.05. The van der Waals surface area contributed by atoms with Gasteiger partial charge in [-0.2, -0.15) is 0 Å². The standard InChI is InChI=1S/C13H13IN2O3/c1-18-11-4-2-3-5-12(11)19-7-6-16-9-15-8-10(14)13(16)17/h2-5,8-9H,6-7H2,1H3. The molecule has 0 atom stereocenters. The number of aromatic nitrogens is 2. The van der Waals surface area contributed by atoms with Crippen molar-refractivity contribution in [3.05, 3.63) is 50.7 Å². The largest absolute Gasteiger partial charge is 0.493 e. The van der Waals surface area contributed by atoms with E-state index in [1.165, 1.54) is 10.9 Å². The molecular formula is C13H13IN2O3. The van der Waals surface area contributed by atoms with Crippen molar-refractivity contribution in [3.8, 4) is 11.5 Å². The first-order valence-corrected chi connectivity index (χ1v) is 6.76. The van der Waals surface area contributed by atoms with Crippen LogP contribution >= 0.6 is 22.6 Å². The lowest BCUT2D eigenvalue weighted by Crippen LogP contribution is -2.25. The highest BCUT2D eigenvalue weighted by molar-refractivity contribution is 14.1. The molecule has 2 aromatic rings. The summed E-state index contributed by atoms with van der Waals surface area (Å²) in [5.41, 5.74) is -0.0563. The fourth-order valence-corrected chi connectivity index (χ4v) is 2.05. The van der Waals surface area contributed by atoms with Gasteiger partial charge in [0, 0.05) is 6.20 Å². The van der Waals surface area contributed by atoms with Crippen molar-refractivity contribution in [2.75, 3.05) is 13.7 Å². The average molecular weight is 372 g/mol. The number of rotatable bonds is 5. The van der Waals surface area contributed by atoms with E-state index in [4.69, 9.17) is 9.47 Å². The molecule has 1 aromatic carbocycles.